The first kappa shape index (κ1) is 18.8. The van der Waals surface area contributed by atoms with Gasteiger partial charge < -0.3 is 11.1 Å². The van der Waals surface area contributed by atoms with Crippen LogP contribution in [0, 0.1) is 22.9 Å². The molecule has 0 unspecified atom stereocenters. The average Bonchev–Trinajstić information content (AvgIpc) is 3.03. The van der Waals surface area contributed by atoms with Gasteiger partial charge in [-0.2, -0.15) is 0 Å². The maximum Gasteiger partial charge on any atom is 0.295 e. The number of halogens is 1. The summed E-state index contributed by atoms with van der Waals surface area (Å²) < 4.78 is 14.5. The van der Waals surface area contributed by atoms with Crippen LogP contribution >= 0.6 is 23.1 Å². The van der Waals surface area contributed by atoms with Gasteiger partial charge in [-0.3, -0.25) is 14.9 Å². The maximum atomic E-state index is 13.6. The minimum atomic E-state index is -0.911. The number of hydrogen-bond acceptors (Lipinski definition) is 7. The number of nitro benzene ring substituents is 1. The molecule has 0 radical (unpaired) electrons. The summed E-state index contributed by atoms with van der Waals surface area (Å²) in [7, 11) is 0. The monoisotopic (exact) mass is 404 g/mol. The Balaban J connectivity index is 1.75. The lowest BCUT2D eigenvalue weighted by atomic mass is 10.1. The highest BCUT2D eigenvalue weighted by molar-refractivity contribution is 8.01. The summed E-state index contributed by atoms with van der Waals surface area (Å²) in [5.41, 5.74) is 5.72. The molecule has 0 fully saturated rings. The number of aromatic nitrogens is 1. The predicted molar refractivity (Wildman–Crippen MR) is 103 cm³/mol. The lowest BCUT2D eigenvalue weighted by molar-refractivity contribution is -0.384. The Morgan fingerprint density at radius 2 is 2.04 bits per heavy atom. The van der Waals surface area contributed by atoms with Gasteiger partial charge in [0.1, 0.15) is 11.5 Å². The topological polar surface area (TPSA) is 111 Å². The van der Waals surface area contributed by atoms with Crippen LogP contribution < -0.4 is 11.1 Å². The number of nitrogens with one attached hydrogen (secondary N) is 1. The molecule has 0 atom stereocenters. The summed E-state index contributed by atoms with van der Waals surface area (Å²) in [6.07, 6.45) is 0. The lowest BCUT2D eigenvalue weighted by Gasteiger charge is -2.09. The Hall–Kier alpha value is -2.98. The number of rotatable bonds is 5. The number of nitrogen functional groups attached to an aromatic ring is 1. The molecule has 138 valence electrons. The average molecular weight is 404 g/mol. The third-order valence-electron chi connectivity index (χ3n) is 3.48. The van der Waals surface area contributed by atoms with Gasteiger partial charge in [-0.1, -0.05) is 11.8 Å². The fraction of sp³-hybridized carbons (Fsp3) is 0.0588. The molecule has 0 saturated carbocycles. The molecule has 0 saturated heterocycles. The van der Waals surface area contributed by atoms with Crippen molar-refractivity contribution in [3.8, 4) is 0 Å². The van der Waals surface area contributed by atoms with Gasteiger partial charge in [0.15, 0.2) is 4.34 Å². The molecular formula is C17H13FN4O3S2. The van der Waals surface area contributed by atoms with Crippen LogP contribution in [0.25, 0.3) is 0 Å². The number of nitro groups is 1. The first-order valence-electron chi connectivity index (χ1n) is 7.58. The molecule has 0 spiro atoms. The van der Waals surface area contributed by atoms with Crippen molar-refractivity contribution in [3.05, 3.63) is 69.0 Å². The van der Waals surface area contributed by atoms with E-state index in [1.807, 2.05) is 12.3 Å². The van der Waals surface area contributed by atoms with E-state index in [0.29, 0.717) is 11.8 Å². The molecule has 3 N–H and O–H groups in total. The minimum Gasteiger partial charge on any atom is -0.393 e. The molecule has 1 amide bonds. The zero-order valence-corrected chi connectivity index (χ0v) is 15.6. The van der Waals surface area contributed by atoms with Crippen LogP contribution in [0.15, 0.2) is 51.0 Å². The Morgan fingerprint density at radius 1 is 1.33 bits per heavy atom. The van der Waals surface area contributed by atoms with E-state index in [9.17, 15) is 19.3 Å². The van der Waals surface area contributed by atoms with Crippen molar-refractivity contribution in [2.45, 2.75) is 16.2 Å². The predicted octanol–water partition coefficient (Wildman–Crippen LogP) is 4.48. The number of anilines is 2. The van der Waals surface area contributed by atoms with E-state index in [1.54, 1.807) is 35.6 Å². The molecule has 3 rings (SSSR count). The van der Waals surface area contributed by atoms with Crippen molar-refractivity contribution < 1.29 is 14.1 Å². The molecule has 2 aromatic carbocycles. The SMILES string of the molecule is Cc1csc(Sc2ccc(NC(=O)c3cc(F)cc([N+](=O)[O-])c3N)cc2)n1. The van der Waals surface area contributed by atoms with Crippen molar-refractivity contribution in [2.24, 2.45) is 0 Å². The quantitative estimate of drug-likeness (QED) is 0.368. The Morgan fingerprint density at radius 3 is 2.63 bits per heavy atom. The van der Waals surface area contributed by atoms with Crippen molar-refractivity contribution in [1.82, 2.24) is 4.98 Å². The van der Waals surface area contributed by atoms with Crippen LogP contribution in [0.4, 0.5) is 21.5 Å². The van der Waals surface area contributed by atoms with E-state index in [1.165, 1.54) is 11.8 Å². The molecule has 0 aliphatic heterocycles. The van der Waals surface area contributed by atoms with Crippen LogP contribution in [-0.2, 0) is 0 Å². The largest absolute Gasteiger partial charge is 0.393 e. The second-order valence-corrected chi connectivity index (χ2v) is 7.66. The molecule has 7 nitrogen and oxygen atoms in total. The van der Waals surface area contributed by atoms with Crippen molar-refractivity contribution in [2.75, 3.05) is 11.1 Å². The van der Waals surface area contributed by atoms with E-state index in [-0.39, 0.29) is 11.3 Å². The summed E-state index contributed by atoms with van der Waals surface area (Å²) in [4.78, 5) is 27.7. The van der Waals surface area contributed by atoms with Gasteiger partial charge in [-0.05, 0) is 37.3 Å². The molecule has 1 aromatic heterocycles. The summed E-state index contributed by atoms with van der Waals surface area (Å²) in [5.74, 6) is -1.64. The summed E-state index contributed by atoms with van der Waals surface area (Å²) in [5, 5.41) is 15.4. The molecule has 0 bridgehead atoms. The van der Waals surface area contributed by atoms with Gasteiger partial charge in [0.2, 0.25) is 0 Å². The number of nitrogens with zero attached hydrogens (tertiary/aromatic N) is 2. The van der Waals surface area contributed by atoms with E-state index < -0.39 is 22.3 Å². The Bertz CT molecular complexity index is 1020. The second kappa shape index (κ2) is 7.72. The van der Waals surface area contributed by atoms with Crippen molar-refractivity contribution >= 4 is 46.1 Å². The van der Waals surface area contributed by atoms with Crippen LogP contribution in [0.5, 0.6) is 0 Å². The molecule has 1 heterocycles. The standard InChI is InChI=1S/C17H13FN4O3S2/c1-9-8-26-17(20-9)27-12-4-2-11(3-5-12)21-16(23)13-6-10(18)7-14(15(13)19)22(24)25/h2-8H,19H2,1H3,(H,21,23). The highest BCUT2D eigenvalue weighted by Crippen LogP contribution is 2.31. The molecule has 0 aliphatic rings. The Labute approximate surface area is 161 Å². The normalized spacial score (nSPS) is 10.6. The first-order valence-corrected chi connectivity index (χ1v) is 9.28. The summed E-state index contributed by atoms with van der Waals surface area (Å²) >= 11 is 3.03. The molecule has 3 aromatic rings. The lowest BCUT2D eigenvalue weighted by Crippen LogP contribution is -2.15. The molecule has 10 heteroatoms. The van der Waals surface area contributed by atoms with E-state index in [0.717, 1.165) is 21.0 Å². The molecular weight excluding hydrogens is 391 g/mol. The number of amides is 1. The van der Waals surface area contributed by atoms with E-state index in [4.69, 9.17) is 5.73 Å². The molecule has 0 aliphatic carbocycles. The Kier molecular flexibility index (Phi) is 5.38. The number of hydrogen-bond donors (Lipinski definition) is 2. The van der Waals surface area contributed by atoms with E-state index >= 15 is 0 Å². The van der Waals surface area contributed by atoms with Crippen LogP contribution in [0.3, 0.4) is 0 Å². The van der Waals surface area contributed by atoms with Gasteiger partial charge in [0, 0.05) is 21.7 Å². The van der Waals surface area contributed by atoms with Gasteiger partial charge in [0.25, 0.3) is 11.6 Å². The fourth-order valence-electron chi connectivity index (χ4n) is 2.23. The van der Waals surface area contributed by atoms with Gasteiger partial charge in [0.05, 0.1) is 16.6 Å². The second-order valence-electron chi connectivity index (χ2n) is 5.48. The zero-order chi connectivity index (χ0) is 19.6. The number of aryl methyl sites for hydroxylation is 1. The maximum absolute atomic E-state index is 13.6. The van der Waals surface area contributed by atoms with Crippen LogP contribution in [-0.4, -0.2) is 15.8 Å². The van der Waals surface area contributed by atoms with Crippen molar-refractivity contribution in [3.63, 3.8) is 0 Å². The van der Waals surface area contributed by atoms with Crippen LogP contribution in [0.2, 0.25) is 0 Å². The zero-order valence-electron chi connectivity index (χ0n) is 13.9. The number of carbonyl (C=O) groups is 1. The third-order valence-corrected chi connectivity index (χ3v) is 5.54. The first-order chi connectivity index (χ1) is 12.8. The smallest absolute Gasteiger partial charge is 0.295 e. The van der Waals surface area contributed by atoms with Gasteiger partial charge >= 0.3 is 0 Å². The van der Waals surface area contributed by atoms with Crippen LogP contribution in [0.1, 0.15) is 16.1 Å². The third kappa shape index (κ3) is 4.41. The minimum absolute atomic E-state index is 0.293. The van der Waals surface area contributed by atoms with Gasteiger partial charge in [-0.25, -0.2) is 9.37 Å². The van der Waals surface area contributed by atoms with Crippen molar-refractivity contribution in [1.29, 1.82) is 0 Å². The number of thiazole rings is 1. The molecule has 27 heavy (non-hydrogen) atoms. The highest BCUT2D eigenvalue weighted by Gasteiger charge is 2.21. The summed E-state index contributed by atoms with van der Waals surface area (Å²) in [6, 6.07) is 8.49. The number of carbonyl (C=O) groups excluding carboxylic acids is 1. The highest BCUT2D eigenvalue weighted by atomic mass is 32.2. The van der Waals surface area contributed by atoms with E-state index in [2.05, 4.69) is 10.3 Å². The number of nitrogens with two attached hydrogens (primary N) is 1. The van der Waals surface area contributed by atoms with Gasteiger partial charge in [-0.15, -0.1) is 11.3 Å². The summed E-state index contributed by atoms with van der Waals surface area (Å²) in [6.45, 7) is 1.92. The number of benzene rings is 2. The fourth-order valence-corrected chi connectivity index (χ4v) is 4.04.